The zero-order chi connectivity index (χ0) is 14.1. The van der Waals surface area contributed by atoms with E-state index in [0.717, 1.165) is 12.8 Å². The Morgan fingerprint density at radius 1 is 0.950 bits per heavy atom. The van der Waals surface area contributed by atoms with E-state index in [2.05, 4.69) is 0 Å². The molecule has 0 saturated heterocycles. The molecule has 2 aliphatic rings. The molecule has 0 bridgehead atoms. The van der Waals surface area contributed by atoms with Crippen molar-refractivity contribution in [2.45, 2.75) is 38.5 Å². The van der Waals surface area contributed by atoms with E-state index in [1.54, 1.807) is 24.3 Å². The molecule has 104 valence electrons. The highest BCUT2D eigenvalue weighted by Gasteiger charge is 2.33. The minimum Gasteiger partial charge on any atom is -0.507 e. The summed E-state index contributed by atoms with van der Waals surface area (Å²) < 4.78 is 0. The number of fused-ring (bicyclic) bond motifs is 1. The van der Waals surface area contributed by atoms with Gasteiger partial charge < -0.3 is 5.11 Å². The molecule has 2 aliphatic carbocycles. The number of rotatable bonds is 2. The molecule has 0 aromatic heterocycles. The van der Waals surface area contributed by atoms with Crippen molar-refractivity contribution >= 4 is 17.3 Å². The van der Waals surface area contributed by atoms with Crippen LogP contribution in [-0.4, -0.2) is 16.7 Å². The van der Waals surface area contributed by atoms with Gasteiger partial charge >= 0.3 is 0 Å². The standard InChI is InChI=1S/C17H18O3/c18-15-12-8-4-5-9-13(12)16(19)17(20)14(15)10-11-6-2-1-3-7-11/h4-5,8-9,11,18H,1-3,6-7,10H2. The molecule has 0 unspecified atom stereocenters. The van der Waals surface area contributed by atoms with Crippen LogP contribution in [0.4, 0.5) is 0 Å². The molecule has 0 heterocycles. The molecule has 3 rings (SSSR count). The maximum absolute atomic E-state index is 12.2. The van der Waals surface area contributed by atoms with Crippen LogP contribution >= 0.6 is 0 Å². The van der Waals surface area contributed by atoms with Crippen LogP contribution in [0.15, 0.2) is 29.8 Å². The molecular formula is C17H18O3. The van der Waals surface area contributed by atoms with Crippen LogP contribution in [0.25, 0.3) is 5.76 Å². The summed E-state index contributed by atoms with van der Waals surface area (Å²) in [6, 6.07) is 6.79. The van der Waals surface area contributed by atoms with Gasteiger partial charge in [-0.3, -0.25) is 9.59 Å². The van der Waals surface area contributed by atoms with Crippen LogP contribution in [-0.2, 0) is 4.79 Å². The van der Waals surface area contributed by atoms with E-state index in [1.165, 1.54) is 19.3 Å². The van der Waals surface area contributed by atoms with E-state index >= 15 is 0 Å². The van der Waals surface area contributed by atoms with Crippen molar-refractivity contribution in [2.24, 2.45) is 5.92 Å². The molecule has 3 heteroatoms. The van der Waals surface area contributed by atoms with Crippen molar-refractivity contribution in [3.8, 4) is 0 Å². The predicted molar refractivity (Wildman–Crippen MR) is 76.5 cm³/mol. The van der Waals surface area contributed by atoms with Gasteiger partial charge in [-0.25, -0.2) is 0 Å². The molecule has 1 N–H and O–H groups in total. The third-order valence-corrected chi connectivity index (χ3v) is 4.41. The Balaban J connectivity index is 1.96. The number of aliphatic hydroxyl groups is 1. The Morgan fingerprint density at radius 2 is 1.60 bits per heavy atom. The number of carbonyl (C=O) groups excluding carboxylic acids is 2. The fourth-order valence-electron chi connectivity index (χ4n) is 3.29. The number of benzene rings is 1. The van der Waals surface area contributed by atoms with E-state index in [-0.39, 0.29) is 5.76 Å². The largest absolute Gasteiger partial charge is 0.507 e. The summed E-state index contributed by atoms with van der Waals surface area (Å²) in [7, 11) is 0. The summed E-state index contributed by atoms with van der Waals surface area (Å²) in [4.78, 5) is 24.3. The van der Waals surface area contributed by atoms with Crippen LogP contribution in [0, 0.1) is 5.92 Å². The molecule has 1 saturated carbocycles. The van der Waals surface area contributed by atoms with Gasteiger partial charge in [0.15, 0.2) is 0 Å². The van der Waals surface area contributed by atoms with Gasteiger partial charge in [-0.15, -0.1) is 0 Å². The van der Waals surface area contributed by atoms with Crippen molar-refractivity contribution in [3.05, 3.63) is 41.0 Å². The van der Waals surface area contributed by atoms with Crippen LogP contribution in [0.2, 0.25) is 0 Å². The topological polar surface area (TPSA) is 54.4 Å². The predicted octanol–water partition coefficient (Wildman–Crippen LogP) is 3.69. The quantitative estimate of drug-likeness (QED) is 0.834. The van der Waals surface area contributed by atoms with E-state index in [1.807, 2.05) is 0 Å². The van der Waals surface area contributed by atoms with Crippen LogP contribution in [0.1, 0.15) is 54.4 Å². The number of allylic oxidation sites excluding steroid dienone is 1. The first kappa shape index (κ1) is 13.1. The second kappa shape index (κ2) is 5.23. The zero-order valence-corrected chi connectivity index (χ0v) is 11.4. The van der Waals surface area contributed by atoms with Crippen molar-refractivity contribution in [1.29, 1.82) is 0 Å². The Bertz CT molecular complexity index is 592. The van der Waals surface area contributed by atoms with Gasteiger partial charge in [-0.1, -0.05) is 56.4 Å². The zero-order valence-electron chi connectivity index (χ0n) is 11.4. The normalized spacial score (nSPS) is 20.2. The lowest BCUT2D eigenvalue weighted by Crippen LogP contribution is -2.25. The molecule has 1 aromatic rings. The van der Waals surface area contributed by atoms with Gasteiger partial charge in [0.05, 0.1) is 0 Å². The number of hydrogen-bond acceptors (Lipinski definition) is 3. The molecule has 0 spiro atoms. The molecule has 20 heavy (non-hydrogen) atoms. The fourth-order valence-corrected chi connectivity index (χ4v) is 3.29. The summed E-state index contributed by atoms with van der Waals surface area (Å²) >= 11 is 0. The first-order valence-corrected chi connectivity index (χ1v) is 7.29. The van der Waals surface area contributed by atoms with Gasteiger partial charge in [0, 0.05) is 16.7 Å². The average Bonchev–Trinajstić information content (AvgIpc) is 2.50. The first-order valence-electron chi connectivity index (χ1n) is 7.29. The lowest BCUT2D eigenvalue weighted by molar-refractivity contribution is -0.112. The lowest BCUT2D eigenvalue weighted by Gasteiger charge is -2.24. The molecule has 1 aromatic carbocycles. The molecule has 0 aliphatic heterocycles. The summed E-state index contributed by atoms with van der Waals surface area (Å²) in [5.74, 6) is -0.574. The van der Waals surface area contributed by atoms with Crippen LogP contribution in [0.3, 0.4) is 0 Å². The van der Waals surface area contributed by atoms with Crippen LogP contribution in [0.5, 0.6) is 0 Å². The third-order valence-electron chi connectivity index (χ3n) is 4.41. The fraction of sp³-hybridized carbons (Fsp3) is 0.412. The molecule has 0 radical (unpaired) electrons. The third kappa shape index (κ3) is 2.17. The van der Waals surface area contributed by atoms with Crippen LogP contribution < -0.4 is 0 Å². The maximum Gasteiger partial charge on any atom is 0.234 e. The number of ketones is 2. The molecule has 3 nitrogen and oxygen atoms in total. The van der Waals surface area contributed by atoms with Gasteiger partial charge in [0.2, 0.25) is 11.6 Å². The number of hydrogen-bond donors (Lipinski definition) is 1. The summed E-state index contributed by atoms with van der Waals surface area (Å²) in [5.41, 5.74) is 1.14. The van der Waals surface area contributed by atoms with Gasteiger partial charge in [0.1, 0.15) is 5.76 Å². The van der Waals surface area contributed by atoms with Crippen molar-refractivity contribution in [2.75, 3.05) is 0 Å². The van der Waals surface area contributed by atoms with E-state index < -0.39 is 11.6 Å². The highest BCUT2D eigenvalue weighted by Crippen LogP contribution is 2.35. The minimum atomic E-state index is -0.522. The van der Waals surface area contributed by atoms with E-state index in [9.17, 15) is 14.7 Å². The Morgan fingerprint density at radius 3 is 2.30 bits per heavy atom. The monoisotopic (exact) mass is 270 g/mol. The SMILES string of the molecule is O=C1C(=O)c2ccccc2C(O)=C1CC1CCCCC1. The second-order valence-corrected chi connectivity index (χ2v) is 5.74. The molecule has 1 fully saturated rings. The summed E-state index contributed by atoms with van der Waals surface area (Å²) in [6.45, 7) is 0. The minimum absolute atomic E-state index is 0.00998. The summed E-state index contributed by atoms with van der Waals surface area (Å²) in [5, 5.41) is 10.3. The highest BCUT2D eigenvalue weighted by molar-refractivity contribution is 6.52. The maximum atomic E-state index is 12.2. The van der Waals surface area contributed by atoms with E-state index in [4.69, 9.17) is 0 Å². The molecule has 0 amide bonds. The molecular weight excluding hydrogens is 252 g/mol. The smallest absolute Gasteiger partial charge is 0.234 e. The average molecular weight is 270 g/mol. The van der Waals surface area contributed by atoms with Gasteiger partial charge in [-0.2, -0.15) is 0 Å². The van der Waals surface area contributed by atoms with Gasteiger partial charge in [0.25, 0.3) is 0 Å². The van der Waals surface area contributed by atoms with Crippen molar-refractivity contribution < 1.29 is 14.7 Å². The number of carbonyl (C=O) groups is 2. The van der Waals surface area contributed by atoms with Crippen molar-refractivity contribution in [1.82, 2.24) is 0 Å². The Kier molecular flexibility index (Phi) is 3.43. The highest BCUT2D eigenvalue weighted by atomic mass is 16.3. The Hall–Kier alpha value is -1.90. The summed E-state index contributed by atoms with van der Waals surface area (Å²) in [6.07, 6.45) is 6.30. The number of aliphatic hydroxyl groups excluding tert-OH is 1. The second-order valence-electron chi connectivity index (χ2n) is 5.74. The first-order chi connectivity index (χ1) is 9.68. The van der Waals surface area contributed by atoms with Crippen molar-refractivity contribution in [3.63, 3.8) is 0 Å². The number of Topliss-reactive ketones (excluding diaryl/α,β-unsaturated/α-hetero) is 2. The lowest BCUT2D eigenvalue weighted by atomic mass is 9.79. The Labute approximate surface area is 118 Å². The molecule has 0 atom stereocenters. The van der Waals surface area contributed by atoms with Gasteiger partial charge in [-0.05, 0) is 12.3 Å². The van der Waals surface area contributed by atoms with E-state index in [0.29, 0.717) is 29.0 Å².